The third kappa shape index (κ3) is 5.83. The molecule has 3 aromatic carbocycles. The van der Waals surface area contributed by atoms with E-state index in [-0.39, 0.29) is 5.91 Å². The van der Waals surface area contributed by atoms with Crippen LogP contribution in [0.15, 0.2) is 71.8 Å². The summed E-state index contributed by atoms with van der Waals surface area (Å²) in [6.45, 7) is 2.33. The highest BCUT2D eigenvalue weighted by Crippen LogP contribution is 2.22. The lowest BCUT2D eigenvalue weighted by molar-refractivity contribution is 0.0955. The molecule has 148 valence electrons. The van der Waals surface area contributed by atoms with Crippen molar-refractivity contribution < 1.29 is 14.3 Å². The summed E-state index contributed by atoms with van der Waals surface area (Å²) in [7, 11) is 1.61. The van der Waals surface area contributed by atoms with Gasteiger partial charge >= 0.3 is 0 Å². The van der Waals surface area contributed by atoms with Crippen LogP contribution in [-0.2, 0) is 6.61 Å². The number of rotatable bonds is 7. The smallest absolute Gasteiger partial charge is 0.271 e. The monoisotopic (exact) mass is 408 g/mol. The Bertz CT molecular complexity index is 1000. The van der Waals surface area contributed by atoms with E-state index in [1.54, 1.807) is 25.5 Å². The number of benzene rings is 3. The van der Waals surface area contributed by atoms with Crippen LogP contribution in [0.3, 0.4) is 0 Å². The van der Waals surface area contributed by atoms with Crippen molar-refractivity contribution in [1.29, 1.82) is 0 Å². The molecule has 6 heteroatoms. The molecule has 0 bridgehead atoms. The Morgan fingerprint density at radius 1 is 1.03 bits per heavy atom. The first-order valence-electron chi connectivity index (χ1n) is 9.00. The first kappa shape index (κ1) is 20.4. The van der Waals surface area contributed by atoms with Gasteiger partial charge in [-0.1, -0.05) is 23.7 Å². The second kappa shape index (κ2) is 9.75. The number of aryl methyl sites for hydroxylation is 1. The molecule has 0 aliphatic heterocycles. The molecule has 0 aromatic heterocycles. The van der Waals surface area contributed by atoms with E-state index in [2.05, 4.69) is 10.5 Å². The molecule has 0 saturated heterocycles. The highest BCUT2D eigenvalue weighted by Gasteiger charge is 2.05. The minimum atomic E-state index is -0.282. The zero-order valence-corrected chi connectivity index (χ0v) is 16.9. The molecule has 29 heavy (non-hydrogen) atoms. The number of methoxy groups -OCH3 is 1. The molecule has 0 aliphatic rings. The third-order valence-corrected chi connectivity index (χ3v) is 4.67. The van der Waals surface area contributed by atoms with Crippen molar-refractivity contribution in [2.45, 2.75) is 13.5 Å². The molecule has 1 N–H and O–H groups in total. The van der Waals surface area contributed by atoms with Gasteiger partial charge in [0.2, 0.25) is 0 Å². The zero-order valence-electron chi connectivity index (χ0n) is 16.2. The van der Waals surface area contributed by atoms with Crippen molar-refractivity contribution in [2.75, 3.05) is 7.11 Å². The van der Waals surface area contributed by atoms with E-state index in [0.717, 1.165) is 28.2 Å². The van der Waals surface area contributed by atoms with Gasteiger partial charge in [0.15, 0.2) is 0 Å². The number of nitrogens with one attached hydrogen (secondary N) is 1. The number of hydrogen-bond acceptors (Lipinski definition) is 4. The molecule has 0 atom stereocenters. The first-order chi connectivity index (χ1) is 14.0. The van der Waals surface area contributed by atoms with Gasteiger partial charge in [0.25, 0.3) is 5.91 Å². The van der Waals surface area contributed by atoms with Crippen LogP contribution in [0.25, 0.3) is 0 Å². The van der Waals surface area contributed by atoms with Gasteiger partial charge in [-0.2, -0.15) is 5.10 Å². The maximum absolute atomic E-state index is 12.2. The van der Waals surface area contributed by atoms with Gasteiger partial charge in [-0.05, 0) is 78.2 Å². The SMILES string of the molecule is COc1ccc(/C=N\NC(=O)c2ccc(COc3ccc(Cl)c(C)c3)cc2)cc1. The Hall–Kier alpha value is -3.31. The van der Waals surface area contributed by atoms with E-state index in [0.29, 0.717) is 17.2 Å². The highest BCUT2D eigenvalue weighted by molar-refractivity contribution is 6.31. The van der Waals surface area contributed by atoms with E-state index in [1.807, 2.05) is 61.5 Å². The molecule has 5 nitrogen and oxygen atoms in total. The summed E-state index contributed by atoms with van der Waals surface area (Å²) in [5.74, 6) is 1.23. The second-order valence-corrected chi connectivity index (χ2v) is 6.78. The fourth-order valence-corrected chi connectivity index (χ4v) is 2.66. The van der Waals surface area contributed by atoms with Gasteiger partial charge < -0.3 is 9.47 Å². The minimum absolute atomic E-state index is 0.282. The van der Waals surface area contributed by atoms with Crippen molar-refractivity contribution >= 4 is 23.7 Å². The maximum atomic E-state index is 12.2. The van der Waals surface area contributed by atoms with Crippen molar-refractivity contribution in [1.82, 2.24) is 5.43 Å². The Morgan fingerprint density at radius 2 is 1.72 bits per heavy atom. The third-order valence-electron chi connectivity index (χ3n) is 4.25. The highest BCUT2D eigenvalue weighted by atomic mass is 35.5. The van der Waals surface area contributed by atoms with Crippen LogP contribution >= 0.6 is 11.6 Å². The Kier molecular flexibility index (Phi) is 6.87. The van der Waals surface area contributed by atoms with Crippen LogP contribution in [0.4, 0.5) is 0 Å². The number of amides is 1. The second-order valence-electron chi connectivity index (χ2n) is 6.37. The number of ether oxygens (including phenoxy) is 2. The van der Waals surface area contributed by atoms with Crippen molar-refractivity contribution in [2.24, 2.45) is 5.10 Å². The lowest BCUT2D eigenvalue weighted by Gasteiger charge is -2.08. The summed E-state index contributed by atoms with van der Waals surface area (Å²) in [4.78, 5) is 12.2. The van der Waals surface area contributed by atoms with E-state index in [9.17, 15) is 4.79 Å². The summed E-state index contributed by atoms with van der Waals surface area (Å²) in [5.41, 5.74) is 5.81. The van der Waals surface area contributed by atoms with E-state index >= 15 is 0 Å². The molecular formula is C23H21ClN2O3. The molecule has 3 aromatic rings. The Labute approximate surface area is 174 Å². The summed E-state index contributed by atoms with van der Waals surface area (Å²) >= 11 is 6.02. The summed E-state index contributed by atoms with van der Waals surface area (Å²) in [6, 6.07) is 20.1. The van der Waals surface area contributed by atoms with Crippen molar-refractivity contribution in [3.63, 3.8) is 0 Å². The predicted octanol–water partition coefficient (Wildman–Crippen LogP) is 5.00. The normalized spacial score (nSPS) is 10.7. The van der Waals surface area contributed by atoms with E-state index < -0.39 is 0 Å². The van der Waals surface area contributed by atoms with Gasteiger partial charge in [0.1, 0.15) is 18.1 Å². The average molecular weight is 409 g/mol. The molecule has 0 aliphatic carbocycles. The van der Waals surface area contributed by atoms with Crippen LogP contribution in [-0.4, -0.2) is 19.2 Å². The lowest BCUT2D eigenvalue weighted by atomic mass is 10.1. The molecule has 0 heterocycles. The standard InChI is InChI=1S/C23H21ClN2O3/c1-16-13-21(11-12-22(16)24)29-15-18-3-7-19(8-4-18)23(27)26-25-14-17-5-9-20(28-2)10-6-17/h3-14H,15H2,1-2H3,(H,26,27)/b25-14-. The minimum Gasteiger partial charge on any atom is -0.497 e. The number of hydrogen-bond donors (Lipinski definition) is 1. The lowest BCUT2D eigenvalue weighted by Crippen LogP contribution is -2.17. The van der Waals surface area contributed by atoms with Gasteiger partial charge in [0, 0.05) is 10.6 Å². The topological polar surface area (TPSA) is 59.9 Å². The molecule has 0 unspecified atom stereocenters. The fraction of sp³-hybridized carbons (Fsp3) is 0.130. The van der Waals surface area contributed by atoms with Crippen LogP contribution in [0.1, 0.15) is 27.0 Å². The molecule has 0 fully saturated rings. The van der Waals surface area contributed by atoms with E-state index in [4.69, 9.17) is 21.1 Å². The van der Waals surface area contributed by atoms with Gasteiger partial charge in [-0.15, -0.1) is 0 Å². The van der Waals surface area contributed by atoms with Crippen LogP contribution < -0.4 is 14.9 Å². The molecule has 0 saturated carbocycles. The molecule has 1 amide bonds. The van der Waals surface area contributed by atoms with Gasteiger partial charge in [-0.3, -0.25) is 4.79 Å². The summed E-state index contributed by atoms with van der Waals surface area (Å²) in [6.07, 6.45) is 1.58. The maximum Gasteiger partial charge on any atom is 0.271 e. The number of halogens is 1. The summed E-state index contributed by atoms with van der Waals surface area (Å²) < 4.78 is 10.9. The number of carbonyl (C=O) groups excluding carboxylic acids is 1. The van der Waals surface area contributed by atoms with Gasteiger partial charge in [-0.25, -0.2) is 5.43 Å². The zero-order chi connectivity index (χ0) is 20.6. The van der Waals surface area contributed by atoms with Crippen molar-refractivity contribution in [3.05, 3.63) is 94.0 Å². The number of nitrogens with zero attached hydrogens (tertiary/aromatic N) is 1. The predicted molar refractivity (Wildman–Crippen MR) is 115 cm³/mol. The molecule has 0 spiro atoms. The van der Waals surface area contributed by atoms with Crippen molar-refractivity contribution in [3.8, 4) is 11.5 Å². The fourth-order valence-electron chi connectivity index (χ4n) is 2.55. The quantitative estimate of drug-likeness (QED) is 0.442. The number of carbonyl (C=O) groups is 1. The Balaban J connectivity index is 1.52. The van der Waals surface area contributed by atoms with Crippen LogP contribution in [0, 0.1) is 6.92 Å². The summed E-state index contributed by atoms with van der Waals surface area (Å²) in [5, 5.41) is 4.70. The van der Waals surface area contributed by atoms with Gasteiger partial charge in [0.05, 0.1) is 13.3 Å². The Morgan fingerprint density at radius 3 is 2.38 bits per heavy atom. The largest absolute Gasteiger partial charge is 0.497 e. The van der Waals surface area contributed by atoms with E-state index in [1.165, 1.54) is 0 Å². The molecular weight excluding hydrogens is 388 g/mol. The van der Waals surface area contributed by atoms with Crippen LogP contribution in [0.5, 0.6) is 11.5 Å². The average Bonchev–Trinajstić information content (AvgIpc) is 2.75. The molecule has 3 rings (SSSR count). The number of hydrazone groups is 1. The molecule has 0 radical (unpaired) electrons. The first-order valence-corrected chi connectivity index (χ1v) is 9.38. The van der Waals surface area contributed by atoms with Crippen LogP contribution in [0.2, 0.25) is 5.02 Å².